The molecule has 1 unspecified atom stereocenters. The van der Waals surface area contributed by atoms with Crippen LogP contribution in [0, 0.1) is 23.7 Å². The second-order valence-electron chi connectivity index (χ2n) is 3.66. The van der Waals surface area contributed by atoms with Crippen molar-refractivity contribution in [1.29, 1.82) is 0 Å². The molecular formula is C13H13ClO. The first-order chi connectivity index (χ1) is 7.11. The minimum atomic E-state index is -0.383. The molecule has 0 amide bonds. The topological polar surface area (TPSA) is 17.1 Å². The smallest absolute Gasteiger partial charge is 0.236 e. The van der Waals surface area contributed by atoms with Crippen LogP contribution in [0.3, 0.4) is 0 Å². The molecule has 0 saturated heterocycles. The molecule has 0 fully saturated rings. The van der Waals surface area contributed by atoms with Gasteiger partial charge in [-0.05, 0) is 29.7 Å². The Labute approximate surface area is 95.5 Å². The van der Waals surface area contributed by atoms with Gasteiger partial charge in [0, 0.05) is 5.56 Å². The zero-order valence-electron chi connectivity index (χ0n) is 8.83. The minimum Gasteiger partial charge on any atom is -0.280 e. The van der Waals surface area contributed by atoms with Crippen molar-refractivity contribution >= 4 is 16.8 Å². The van der Waals surface area contributed by atoms with Gasteiger partial charge in [-0.25, -0.2) is 0 Å². The first-order valence-electron chi connectivity index (χ1n) is 4.87. The van der Waals surface area contributed by atoms with E-state index in [1.165, 1.54) is 0 Å². The Balaban J connectivity index is 2.84. The van der Waals surface area contributed by atoms with Crippen molar-refractivity contribution in [1.82, 2.24) is 0 Å². The van der Waals surface area contributed by atoms with Gasteiger partial charge in [0.25, 0.3) is 0 Å². The maximum Gasteiger partial charge on any atom is 0.236 e. The number of halogens is 1. The molecule has 0 spiro atoms. The van der Waals surface area contributed by atoms with E-state index in [1.54, 1.807) is 0 Å². The van der Waals surface area contributed by atoms with Gasteiger partial charge in [0.1, 0.15) is 0 Å². The first-order valence-corrected chi connectivity index (χ1v) is 5.25. The third-order valence-electron chi connectivity index (χ3n) is 2.06. The fourth-order valence-corrected chi connectivity index (χ4v) is 1.47. The number of hydrogen-bond acceptors (Lipinski definition) is 1. The molecule has 0 radical (unpaired) electrons. The lowest BCUT2D eigenvalue weighted by Gasteiger charge is -2.08. The highest BCUT2D eigenvalue weighted by molar-refractivity contribution is 6.64. The molecule has 1 rings (SSSR count). The SMILES string of the molecule is CC(C)C(C#Cc1ccccc1)C(=O)Cl. The highest BCUT2D eigenvalue weighted by Gasteiger charge is 2.17. The van der Waals surface area contributed by atoms with Crippen molar-refractivity contribution in [3.63, 3.8) is 0 Å². The molecular weight excluding hydrogens is 208 g/mol. The molecule has 0 aliphatic rings. The van der Waals surface area contributed by atoms with Gasteiger partial charge in [-0.1, -0.05) is 43.9 Å². The molecule has 0 N–H and O–H groups in total. The molecule has 0 saturated carbocycles. The first kappa shape index (κ1) is 11.8. The Hall–Kier alpha value is -1.26. The highest BCUT2D eigenvalue weighted by Crippen LogP contribution is 2.13. The molecule has 1 aromatic rings. The van der Waals surface area contributed by atoms with Crippen LogP contribution >= 0.6 is 11.6 Å². The lowest BCUT2D eigenvalue weighted by Crippen LogP contribution is -2.13. The van der Waals surface area contributed by atoms with Gasteiger partial charge < -0.3 is 0 Å². The lowest BCUT2D eigenvalue weighted by atomic mass is 9.97. The summed E-state index contributed by atoms with van der Waals surface area (Å²) >= 11 is 5.46. The molecule has 0 aliphatic carbocycles. The molecule has 1 nitrogen and oxygen atoms in total. The molecule has 15 heavy (non-hydrogen) atoms. The van der Waals surface area contributed by atoms with E-state index in [0.29, 0.717) is 0 Å². The van der Waals surface area contributed by atoms with E-state index < -0.39 is 0 Å². The Bertz CT molecular complexity index is 384. The average molecular weight is 221 g/mol. The molecule has 0 heterocycles. The summed E-state index contributed by atoms with van der Waals surface area (Å²) in [5.41, 5.74) is 0.904. The van der Waals surface area contributed by atoms with Gasteiger partial charge in [-0.3, -0.25) is 4.79 Å². The second-order valence-corrected chi connectivity index (χ2v) is 4.03. The van der Waals surface area contributed by atoms with Gasteiger partial charge in [0.15, 0.2) is 0 Å². The van der Waals surface area contributed by atoms with Gasteiger partial charge in [0.2, 0.25) is 5.24 Å². The molecule has 1 atom stereocenters. The maximum atomic E-state index is 11.1. The van der Waals surface area contributed by atoms with E-state index in [2.05, 4.69) is 11.8 Å². The summed E-state index contributed by atoms with van der Waals surface area (Å²) in [5.74, 6) is 5.62. The largest absolute Gasteiger partial charge is 0.280 e. The second kappa shape index (κ2) is 5.58. The van der Waals surface area contributed by atoms with Crippen LogP contribution in [0.15, 0.2) is 30.3 Å². The molecule has 2 heteroatoms. The van der Waals surface area contributed by atoms with Crippen molar-refractivity contribution in [2.45, 2.75) is 13.8 Å². The number of hydrogen-bond donors (Lipinski definition) is 0. The summed E-state index contributed by atoms with van der Waals surface area (Å²) in [5, 5.41) is -0.381. The summed E-state index contributed by atoms with van der Waals surface area (Å²) in [6.45, 7) is 3.87. The van der Waals surface area contributed by atoms with Gasteiger partial charge in [-0.15, -0.1) is 0 Å². The number of carbonyl (C=O) groups excluding carboxylic acids is 1. The van der Waals surface area contributed by atoms with Crippen molar-refractivity contribution in [3.8, 4) is 11.8 Å². The summed E-state index contributed by atoms with van der Waals surface area (Å²) in [6, 6.07) is 9.57. The Morgan fingerprint density at radius 2 is 1.87 bits per heavy atom. The van der Waals surface area contributed by atoms with Crippen LogP contribution in [0.1, 0.15) is 19.4 Å². The summed E-state index contributed by atoms with van der Waals surface area (Å²) in [4.78, 5) is 11.1. The van der Waals surface area contributed by atoms with Gasteiger partial charge in [0.05, 0.1) is 5.92 Å². The van der Waals surface area contributed by atoms with E-state index in [9.17, 15) is 4.79 Å². The van der Waals surface area contributed by atoms with Crippen LogP contribution < -0.4 is 0 Å². The van der Waals surface area contributed by atoms with Crippen LogP contribution in [0.25, 0.3) is 0 Å². The van der Waals surface area contributed by atoms with E-state index in [4.69, 9.17) is 11.6 Å². The fourth-order valence-electron chi connectivity index (χ4n) is 1.17. The molecule has 0 aliphatic heterocycles. The van der Waals surface area contributed by atoms with Crippen LogP contribution in [-0.2, 0) is 4.79 Å². The van der Waals surface area contributed by atoms with E-state index >= 15 is 0 Å². The fraction of sp³-hybridized carbons (Fsp3) is 0.308. The standard InChI is InChI=1S/C13H13ClO/c1-10(2)12(13(14)15)9-8-11-6-4-3-5-7-11/h3-7,10,12H,1-2H3. The molecule has 0 aromatic heterocycles. The van der Waals surface area contributed by atoms with Crippen LogP contribution in [0.4, 0.5) is 0 Å². The average Bonchev–Trinajstić information content (AvgIpc) is 2.18. The lowest BCUT2D eigenvalue weighted by molar-refractivity contribution is -0.114. The van der Waals surface area contributed by atoms with E-state index in [-0.39, 0.29) is 17.1 Å². The van der Waals surface area contributed by atoms with Crippen molar-refractivity contribution in [3.05, 3.63) is 35.9 Å². The summed E-state index contributed by atoms with van der Waals surface area (Å²) in [6.07, 6.45) is 0. The van der Waals surface area contributed by atoms with Crippen molar-refractivity contribution < 1.29 is 4.79 Å². The van der Waals surface area contributed by atoms with Gasteiger partial charge >= 0.3 is 0 Å². The monoisotopic (exact) mass is 220 g/mol. The summed E-state index contributed by atoms with van der Waals surface area (Å²) in [7, 11) is 0. The normalized spacial score (nSPS) is 11.7. The Kier molecular flexibility index (Phi) is 4.39. The maximum absolute atomic E-state index is 11.1. The predicted molar refractivity (Wildman–Crippen MR) is 62.5 cm³/mol. The number of carbonyl (C=O) groups is 1. The van der Waals surface area contributed by atoms with Crippen LogP contribution in [-0.4, -0.2) is 5.24 Å². The highest BCUT2D eigenvalue weighted by atomic mass is 35.5. The quantitative estimate of drug-likeness (QED) is 0.553. The minimum absolute atomic E-state index is 0.145. The van der Waals surface area contributed by atoms with E-state index in [0.717, 1.165) is 5.56 Å². The third-order valence-corrected chi connectivity index (χ3v) is 2.29. The Morgan fingerprint density at radius 3 is 2.33 bits per heavy atom. The third kappa shape index (κ3) is 3.77. The van der Waals surface area contributed by atoms with Crippen LogP contribution in [0.5, 0.6) is 0 Å². The molecule has 0 bridgehead atoms. The number of rotatable bonds is 2. The van der Waals surface area contributed by atoms with E-state index in [1.807, 2.05) is 44.2 Å². The predicted octanol–water partition coefficient (Wildman–Crippen LogP) is 3.08. The summed E-state index contributed by atoms with van der Waals surface area (Å²) < 4.78 is 0. The van der Waals surface area contributed by atoms with Crippen molar-refractivity contribution in [2.75, 3.05) is 0 Å². The Morgan fingerprint density at radius 1 is 1.27 bits per heavy atom. The zero-order chi connectivity index (χ0) is 11.3. The molecule has 78 valence electrons. The zero-order valence-corrected chi connectivity index (χ0v) is 9.58. The number of benzene rings is 1. The molecule has 1 aromatic carbocycles. The van der Waals surface area contributed by atoms with Crippen LogP contribution in [0.2, 0.25) is 0 Å². The van der Waals surface area contributed by atoms with Crippen molar-refractivity contribution in [2.24, 2.45) is 11.8 Å². The van der Waals surface area contributed by atoms with Gasteiger partial charge in [-0.2, -0.15) is 0 Å².